The van der Waals surface area contributed by atoms with Gasteiger partial charge in [0.25, 0.3) is 0 Å². The highest BCUT2D eigenvalue weighted by atomic mass is 35.5. The van der Waals surface area contributed by atoms with Gasteiger partial charge in [0.2, 0.25) is 5.95 Å². The average molecular weight is 317 g/mol. The van der Waals surface area contributed by atoms with Crippen molar-refractivity contribution in [3.8, 4) is 0 Å². The first kappa shape index (κ1) is 15.8. The number of nitrogens with two attached hydrogens (primary N) is 1. The summed E-state index contributed by atoms with van der Waals surface area (Å²) >= 11 is 6.25. The van der Waals surface area contributed by atoms with Crippen LogP contribution in [0.3, 0.4) is 0 Å². The molecular weight excluding hydrogens is 295 g/mol. The third-order valence-electron chi connectivity index (χ3n) is 4.47. The predicted octanol–water partition coefficient (Wildman–Crippen LogP) is 2.72. The van der Waals surface area contributed by atoms with Gasteiger partial charge < -0.3 is 5.73 Å². The third kappa shape index (κ3) is 2.87. The smallest absolute Gasteiger partial charge is 0.221 e. The largest absolute Gasteiger partial charge is 0.368 e. The number of nitrogen functional groups attached to an aromatic ring is 1. The Kier molecular flexibility index (Phi) is 5.10. The Morgan fingerprint density at radius 1 is 1.35 bits per heavy atom. The lowest BCUT2D eigenvalue weighted by molar-refractivity contribution is 0.0845. The van der Waals surface area contributed by atoms with Crippen LogP contribution in [0.15, 0.2) is 0 Å². The molecule has 1 aliphatic heterocycles. The Morgan fingerprint density at radius 3 is 2.90 bits per heavy atom. The maximum absolute atomic E-state index is 6.25. The molecule has 0 amide bonds. The highest BCUT2D eigenvalue weighted by Gasteiger charge is 2.36. The van der Waals surface area contributed by atoms with E-state index in [9.17, 15) is 0 Å². The van der Waals surface area contributed by atoms with E-state index in [0.717, 1.165) is 24.1 Å². The number of likely N-dealkylation sites (tertiary alicyclic amines) is 1. The van der Waals surface area contributed by atoms with E-state index in [1.807, 2.05) is 0 Å². The molecule has 6 heteroatoms. The first-order valence-corrected chi connectivity index (χ1v) is 7.61. The van der Waals surface area contributed by atoms with E-state index in [1.54, 1.807) is 0 Å². The summed E-state index contributed by atoms with van der Waals surface area (Å²) in [4.78, 5) is 11.1. The fraction of sp³-hybridized carbons (Fsp3) is 0.714. The average Bonchev–Trinajstić information content (AvgIpc) is 2.37. The monoisotopic (exact) mass is 316 g/mol. The fourth-order valence-corrected chi connectivity index (χ4v) is 3.93. The van der Waals surface area contributed by atoms with Gasteiger partial charge in [-0.05, 0) is 51.1 Å². The molecule has 1 fully saturated rings. The Bertz CT molecular complexity index is 478. The molecule has 20 heavy (non-hydrogen) atoms. The number of nitrogens with zero attached hydrogens (tertiary/aromatic N) is 3. The van der Waals surface area contributed by atoms with Gasteiger partial charge in [-0.2, -0.15) is 0 Å². The Morgan fingerprint density at radius 2 is 2.15 bits per heavy atom. The molecule has 1 aromatic heterocycles. The zero-order valence-electron chi connectivity index (χ0n) is 11.8. The quantitative estimate of drug-likeness (QED) is 0.852. The van der Waals surface area contributed by atoms with Gasteiger partial charge in [0.1, 0.15) is 5.15 Å². The number of hydrogen-bond acceptors (Lipinski definition) is 4. The van der Waals surface area contributed by atoms with Crippen molar-refractivity contribution in [3.63, 3.8) is 0 Å². The van der Waals surface area contributed by atoms with E-state index in [4.69, 9.17) is 17.3 Å². The first-order chi connectivity index (χ1) is 9.19. The SMILES string of the molecule is CCCN1CCCC2Cc3nc(N)nc(Cl)c3CC21.Cl. The van der Waals surface area contributed by atoms with Gasteiger partial charge in [-0.25, -0.2) is 9.97 Å². The summed E-state index contributed by atoms with van der Waals surface area (Å²) in [7, 11) is 0. The topological polar surface area (TPSA) is 55.0 Å². The molecule has 1 aromatic rings. The molecule has 0 spiro atoms. The molecule has 0 saturated carbocycles. The molecule has 112 valence electrons. The van der Waals surface area contributed by atoms with Gasteiger partial charge in [0.05, 0.1) is 5.69 Å². The Labute approximate surface area is 131 Å². The lowest BCUT2D eigenvalue weighted by atomic mass is 9.77. The van der Waals surface area contributed by atoms with Crippen molar-refractivity contribution < 1.29 is 0 Å². The van der Waals surface area contributed by atoms with Crippen LogP contribution in [-0.2, 0) is 12.8 Å². The zero-order valence-corrected chi connectivity index (χ0v) is 13.4. The van der Waals surface area contributed by atoms with E-state index in [2.05, 4.69) is 21.8 Å². The number of rotatable bonds is 2. The maximum atomic E-state index is 6.25. The van der Waals surface area contributed by atoms with E-state index >= 15 is 0 Å². The van der Waals surface area contributed by atoms with Crippen molar-refractivity contribution in [2.45, 2.75) is 45.1 Å². The summed E-state index contributed by atoms with van der Waals surface area (Å²) in [6, 6.07) is 0.617. The molecule has 2 heterocycles. The Hall–Kier alpha value is -0.580. The lowest BCUT2D eigenvalue weighted by Gasteiger charge is -2.44. The molecule has 0 radical (unpaired) electrons. The molecule has 2 unspecified atom stereocenters. The van der Waals surface area contributed by atoms with Crippen molar-refractivity contribution in [1.29, 1.82) is 0 Å². The van der Waals surface area contributed by atoms with Gasteiger partial charge in [0, 0.05) is 11.6 Å². The second kappa shape index (κ2) is 6.46. The summed E-state index contributed by atoms with van der Waals surface area (Å²) < 4.78 is 0. The van der Waals surface area contributed by atoms with Crippen molar-refractivity contribution >= 4 is 30.0 Å². The normalized spacial score (nSPS) is 25.5. The molecule has 2 aliphatic rings. The minimum atomic E-state index is 0. The van der Waals surface area contributed by atoms with Crippen LogP contribution in [0, 0.1) is 5.92 Å². The fourth-order valence-electron chi connectivity index (χ4n) is 3.66. The molecule has 2 N–H and O–H groups in total. The second-order valence-electron chi connectivity index (χ2n) is 5.71. The molecule has 4 nitrogen and oxygen atoms in total. The molecule has 2 atom stereocenters. The van der Waals surface area contributed by atoms with Gasteiger partial charge in [-0.3, -0.25) is 4.90 Å². The van der Waals surface area contributed by atoms with E-state index in [1.165, 1.54) is 32.4 Å². The van der Waals surface area contributed by atoms with Gasteiger partial charge in [-0.15, -0.1) is 12.4 Å². The summed E-state index contributed by atoms with van der Waals surface area (Å²) in [5.41, 5.74) is 7.91. The van der Waals surface area contributed by atoms with Crippen LogP contribution in [0.25, 0.3) is 0 Å². The van der Waals surface area contributed by atoms with Crippen molar-refractivity contribution in [2.24, 2.45) is 5.92 Å². The number of halogens is 2. The molecular formula is C14H22Cl2N4. The zero-order chi connectivity index (χ0) is 13.4. The van der Waals surface area contributed by atoms with E-state index in [-0.39, 0.29) is 12.4 Å². The van der Waals surface area contributed by atoms with Gasteiger partial charge in [0.15, 0.2) is 0 Å². The van der Waals surface area contributed by atoms with Gasteiger partial charge >= 0.3 is 0 Å². The van der Waals surface area contributed by atoms with E-state index in [0.29, 0.717) is 23.1 Å². The number of fused-ring (bicyclic) bond motifs is 2. The first-order valence-electron chi connectivity index (χ1n) is 7.24. The Balaban J connectivity index is 0.00000147. The highest BCUT2D eigenvalue weighted by molar-refractivity contribution is 6.30. The van der Waals surface area contributed by atoms with Gasteiger partial charge in [-0.1, -0.05) is 18.5 Å². The highest BCUT2D eigenvalue weighted by Crippen LogP contribution is 2.36. The van der Waals surface area contributed by atoms with Crippen molar-refractivity contribution in [2.75, 3.05) is 18.8 Å². The van der Waals surface area contributed by atoms with Crippen LogP contribution in [0.4, 0.5) is 5.95 Å². The minimum Gasteiger partial charge on any atom is -0.368 e. The predicted molar refractivity (Wildman–Crippen MR) is 84.5 cm³/mol. The third-order valence-corrected chi connectivity index (χ3v) is 4.79. The molecule has 1 aliphatic carbocycles. The molecule has 1 saturated heterocycles. The number of aromatic nitrogens is 2. The molecule has 3 rings (SSSR count). The standard InChI is InChI=1S/C14H21ClN4.ClH/c1-2-5-19-6-3-4-9-7-11-10(8-12(9)19)13(15)18-14(16)17-11;/h9,12H,2-8H2,1H3,(H2,16,17,18);1H. The molecule has 0 aromatic carbocycles. The van der Waals surface area contributed by atoms with Crippen LogP contribution >= 0.6 is 24.0 Å². The summed E-state index contributed by atoms with van der Waals surface area (Å²) in [6.45, 7) is 4.65. The maximum Gasteiger partial charge on any atom is 0.221 e. The number of hydrogen-bond donors (Lipinski definition) is 1. The minimum absolute atomic E-state index is 0. The number of anilines is 1. The summed E-state index contributed by atoms with van der Waals surface area (Å²) in [5, 5.41) is 0.558. The van der Waals surface area contributed by atoms with Crippen molar-refractivity contribution in [3.05, 3.63) is 16.4 Å². The summed E-state index contributed by atoms with van der Waals surface area (Å²) in [6.07, 6.45) is 5.80. The van der Waals surface area contributed by atoms with E-state index < -0.39 is 0 Å². The van der Waals surface area contributed by atoms with Crippen molar-refractivity contribution in [1.82, 2.24) is 14.9 Å². The van der Waals surface area contributed by atoms with Crippen LogP contribution in [0.1, 0.15) is 37.4 Å². The summed E-state index contributed by atoms with van der Waals surface area (Å²) in [5.74, 6) is 1.02. The lowest BCUT2D eigenvalue weighted by Crippen LogP contribution is -2.49. The second-order valence-corrected chi connectivity index (χ2v) is 6.07. The van der Waals surface area contributed by atoms with Crippen LogP contribution in [-0.4, -0.2) is 34.0 Å². The number of piperidine rings is 1. The van der Waals surface area contributed by atoms with Crippen LogP contribution in [0.2, 0.25) is 5.15 Å². The van der Waals surface area contributed by atoms with Crippen LogP contribution < -0.4 is 5.73 Å². The van der Waals surface area contributed by atoms with Crippen LogP contribution in [0.5, 0.6) is 0 Å². The molecule has 0 bridgehead atoms.